The molecule has 1 rings (SSSR count). The molecule has 0 aromatic carbocycles. The van der Waals surface area contributed by atoms with Crippen LogP contribution in [-0.2, 0) is 9.47 Å². The molecule has 0 aromatic rings. The van der Waals surface area contributed by atoms with Gasteiger partial charge < -0.3 is 19.5 Å². The molecule has 1 atom stereocenters. The summed E-state index contributed by atoms with van der Waals surface area (Å²) in [6.45, 7) is 1.13. The van der Waals surface area contributed by atoms with Gasteiger partial charge in [-0.15, -0.1) is 0 Å². The van der Waals surface area contributed by atoms with Crippen LogP contribution >= 0.6 is 0 Å². The molecule has 1 heterocycles. The van der Waals surface area contributed by atoms with Gasteiger partial charge in [0.15, 0.2) is 6.29 Å². The maximum Gasteiger partial charge on any atom is 0.407 e. The van der Waals surface area contributed by atoms with Gasteiger partial charge in [0.25, 0.3) is 0 Å². The summed E-state index contributed by atoms with van der Waals surface area (Å²) in [6.07, 6.45) is -1.32. The van der Waals surface area contributed by atoms with Gasteiger partial charge in [-0.25, -0.2) is 4.79 Å². The lowest BCUT2D eigenvalue weighted by atomic mass is 10.4. The molecule has 0 bridgehead atoms. The van der Waals surface area contributed by atoms with Gasteiger partial charge in [-0.05, 0) is 0 Å². The van der Waals surface area contributed by atoms with Crippen molar-refractivity contribution in [3.8, 4) is 0 Å². The predicted molar refractivity (Wildman–Crippen MR) is 36.3 cm³/mol. The summed E-state index contributed by atoms with van der Waals surface area (Å²) in [5.74, 6) is 0. The molecule has 1 saturated heterocycles. The smallest absolute Gasteiger partial charge is 0.407 e. The number of methoxy groups -OCH3 is 1. The molecule has 0 saturated carbocycles. The van der Waals surface area contributed by atoms with Crippen molar-refractivity contribution in [2.75, 3.05) is 26.8 Å². The molecule has 0 spiro atoms. The van der Waals surface area contributed by atoms with Crippen LogP contribution < -0.4 is 0 Å². The highest BCUT2D eigenvalue weighted by atomic mass is 16.7. The molecule has 1 amide bonds. The van der Waals surface area contributed by atoms with Gasteiger partial charge in [0.2, 0.25) is 0 Å². The van der Waals surface area contributed by atoms with Crippen LogP contribution in [0.1, 0.15) is 0 Å². The topological polar surface area (TPSA) is 59.0 Å². The molecule has 5 heteroatoms. The molecule has 0 aromatic heterocycles. The van der Waals surface area contributed by atoms with Crippen LogP contribution in [0.15, 0.2) is 0 Å². The van der Waals surface area contributed by atoms with Crippen molar-refractivity contribution >= 4 is 6.09 Å². The first-order chi connectivity index (χ1) is 5.24. The van der Waals surface area contributed by atoms with E-state index in [9.17, 15) is 4.79 Å². The molecule has 0 radical (unpaired) electrons. The molecule has 1 fully saturated rings. The lowest BCUT2D eigenvalue weighted by Crippen LogP contribution is -2.45. The summed E-state index contributed by atoms with van der Waals surface area (Å²) in [7, 11) is 1.50. The van der Waals surface area contributed by atoms with E-state index in [1.165, 1.54) is 12.0 Å². The fourth-order valence-corrected chi connectivity index (χ4v) is 0.935. The molecular formula is C6H11NO4. The van der Waals surface area contributed by atoms with Crippen LogP contribution in [0.5, 0.6) is 0 Å². The van der Waals surface area contributed by atoms with E-state index in [1.807, 2.05) is 0 Å². The lowest BCUT2D eigenvalue weighted by Gasteiger charge is -2.29. The van der Waals surface area contributed by atoms with E-state index in [0.29, 0.717) is 19.7 Å². The minimum atomic E-state index is -0.921. The van der Waals surface area contributed by atoms with Gasteiger partial charge >= 0.3 is 6.09 Å². The zero-order valence-corrected chi connectivity index (χ0v) is 6.32. The van der Waals surface area contributed by atoms with Crippen LogP contribution in [0.2, 0.25) is 0 Å². The van der Waals surface area contributed by atoms with Crippen molar-refractivity contribution in [3.05, 3.63) is 0 Å². The zero-order valence-electron chi connectivity index (χ0n) is 6.32. The fraction of sp³-hybridized carbons (Fsp3) is 0.833. The molecule has 11 heavy (non-hydrogen) atoms. The van der Waals surface area contributed by atoms with Crippen LogP contribution in [0, 0.1) is 0 Å². The summed E-state index contributed by atoms with van der Waals surface area (Å²) in [5.41, 5.74) is 0. The standard InChI is InChI=1S/C6H11NO4/c1-10-5-4-7(6(8)9)2-3-11-5/h5H,2-4H2,1H3,(H,8,9). The van der Waals surface area contributed by atoms with E-state index < -0.39 is 12.4 Å². The second kappa shape index (κ2) is 3.54. The van der Waals surface area contributed by atoms with Crippen molar-refractivity contribution in [2.24, 2.45) is 0 Å². The molecule has 1 unspecified atom stereocenters. The highest BCUT2D eigenvalue weighted by molar-refractivity contribution is 5.65. The van der Waals surface area contributed by atoms with E-state index in [2.05, 4.69) is 0 Å². The summed E-state index contributed by atoms with van der Waals surface area (Å²) in [5, 5.41) is 8.57. The Morgan fingerprint density at radius 1 is 1.82 bits per heavy atom. The Morgan fingerprint density at radius 2 is 2.55 bits per heavy atom. The van der Waals surface area contributed by atoms with Gasteiger partial charge in [0, 0.05) is 13.7 Å². The average Bonchev–Trinajstić information content (AvgIpc) is 2.05. The summed E-state index contributed by atoms with van der Waals surface area (Å²) < 4.78 is 9.92. The highest BCUT2D eigenvalue weighted by Crippen LogP contribution is 2.04. The number of nitrogens with zero attached hydrogens (tertiary/aromatic N) is 1. The summed E-state index contributed by atoms with van der Waals surface area (Å²) in [4.78, 5) is 11.7. The summed E-state index contributed by atoms with van der Waals surface area (Å²) >= 11 is 0. The molecule has 1 N–H and O–H groups in total. The molecular weight excluding hydrogens is 150 g/mol. The van der Waals surface area contributed by atoms with E-state index in [0.717, 1.165) is 0 Å². The number of carbonyl (C=O) groups is 1. The normalized spacial score (nSPS) is 25.2. The second-order valence-electron chi connectivity index (χ2n) is 2.26. The quantitative estimate of drug-likeness (QED) is 0.586. The number of rotatable bonds is 1. The number of ether oxygens (including phenoxy) is 2. The Balaban J connectivity index is 2.39. The minimum Gasteiger partial charge on any atom is -0.465 e. The van der Waals surface area contributed by atoms with Crippen LogP contribution in [0.25, 0.3) is 0 Å². The number of morpholine rings is 1. The van der Waals surface area contributed by atoms with Gasteiger partial charge in [-0.3, -0.25) is 0 Å². The van der Waals surface area contributed by atoms with Gasteiger partial charge in [0.1, 0.15) is 0 Å². The molecule has 1 aliphatic heterocycles. The van der Waals surface area contributed by atoms with Crippen molar-refractivity contribution in [3.63, 3.8) is 0 Å². The van der Waals surface area contributed by atoms with Crippen LogP contribution in [0.3, 0.4) is 0 Å². The van der Waals surface area contributed by atoms with E-state index in [-0.39, 0.29) is 0 Å². The number of carboxylic acid groups (broad SMARTS) is 1. The predicted octanol–water partition coefficient (Wildman–Crippen LogP) is -0.0309. The fourth-order valence-electron chi connectivity index (χ4n) is 0.935. The van der Waals surface area contributed by atoms with Crippen molar-refractivity contribution in [1.29, 1.82) is 0 Å². The van der Waals surface area contributed by atoms with Gasteiger partial charge in [-0.2, -0.15) is 0 Å². The molecule has 0 aliphatic carbocycles. The largest absolute Gasteiger partial charge is 0.465 e. The molecule has 5 nitrogen and oxygen atoms in total. The molecule has 1 aliphatic rings. The maximum absolute atomic E-state index is 10.4. The SMILES string of the molecule is COC1CN(C(=O)O)CCO1. The van der Waals surface area contributed by atoms with E-state index >= 15 is 0 Å². The second-order valence-corrected chi connectivity index (χ2v) is 2.26. The lowest BCUT2D eigenvalue weighted by molar-refractivity contribution is -0.158. The Labute approximate surface area is 64.5 Å². The van der Waals surface area contributed by atoms with E-state index in [1.54, 1.807) is 0 Å². The Bertz CT molecular complexity index is 150. The molecule has 64 valence electrons. The van der Waals surface area contributed by atoms with Crippen LogP contribution in [0.4, 0.5) is 4.79 Å². The third-order valence-electron chi connectivity index (χ3n) is 1.57. The van der Waals surface area contributed by atoms with Gasteiger partial charge in [0.05, 0.1) is 13.2 Å². The summed E-state index contributed by atoms with van der Waals surface area (Å²) in [6, 6.07) is 0. The number of amides is 1. The third-order valence-corrected chi connectivity index (χ3v) is 1.57. The van der Waals surface area contributed by atoms with Crippen LogP contribution in [-0.4, -0.2) is 49.2 Å². The number of hydrogen-bond acceptors (Lipinski definition) is 3. The van der Waals surface area contributed by atoms with E-state index in [4.69, 9.17) is 14.6 Å². The first-order valence-electron chi connectivity index (χ1n) is 3.36. The maximum atomic E-state index is 10.4. The monoisotopic (exact) mass is 161 g/mol. The highest BCUT2D eigenvalue weighted by Gasteiger charge is 2.22. The Hall–Kier alpha value is -0.810. The van der Waals surface area contributed by atoms with Crippen molar-refractivity contribution in [2.45, 2.75) is 6.29 Å². The van der Waals surface area contributed by atoms with Gasteiger partial charge in [-0.1, -0.05) is 0 Å². The zero-order chi connectivity index (χ0) is 8.27. The minimum absolute atomic E-state index is 0.297. The van der Waals surface area contributed by atoms with Crippen molar-refractivity contribution in [1.82, 2.24) is 4.90 Å². The first-order valence-corrected chi connectivity index (χ1v) is 3.36. The Morgan fingerprint density at radius 3 is 3.09 bits per heavy atom. The third kappa shape index (κ3) is 2.06. The Kier molecular flexibility index (Phi) is 2.67. The van der Waals surface area contributed by atoms with Crippen molar-refractivity contribution < 1.29 is 19.4 Å². The average molecular weight is 161 g/mol. The first kappa shape index (κ1) is 8.29. The number of hydrogen-bond donors (Lipinski definition) is 1.